The molecule has 1 atom stereocenters. The van der Waals surface area contributed by atoms with Crippen molar-refractivity contribution in [3.05, 3.63) is 64.7 Å². The number of carbonyl (C=O) groups excluding carboxylic acids is 2. The molecule has 1 N–H and O–H groups in total. The number of ketones is 1. The van der Waals surface area contributed by atoms with E-state index in [1.165, 1.54) is 0 Å². The number of hydrogen-bond acceptors (Lipinski definition) is 6. The molecule has 2 aromatic carbocycles. The summed E-state index contributed by atoms with van der Waals surface area (Å²) in [5.74, 6) is -0.716. The number of rotatable bonds is 8. The number of nitrogens with zero attached hydrogens (tertiary/aromatic N) is 3. The second-order valence-electron chi connectivity index (χ2n) is 8.70. The Bertz CT molecular complexity index is 1060. The minimum atomic E-state index is -0.667. The van der Waals surface area contributed by atoms with Crippen LogP contribution in [0.3, 0.4) is 0 Å². The zero-order chi connectivity index (χ0) is 24.3. The lowest BCUT2D eigenvalue weighted by atomic mass is 9.94. The zero-order valence-corrected chi connectivity index (χ0v) is 20.3. The topological polar surface area (TPSA) is 73.3 Å². The largest absolute Gasteiger partial charge is 0.507 e. The normalized spacial score (nSPS) is 17.7. The molecule has 0 aromatic heterocycles. The van der Waals surface area contributed by atoms with E-state index in [9.17, 15) is 14.7 Å². The van der Waals surface area contributed by atoms with Crippen LogP contribution in [0.2, 0.25) is 0 Å². The Kier molecular flexibility index (Phi) is 7.43. The number of aryl methyl sites for hydroxylation is 1. The first-order chi connectivity index (χ1) is 15.6. The van der Waals surface area contributed by atoms with E-state index < -0.39 is 17.7 Å². The smallest absolute Gasteiger partial charge is 0.295 e. The Morgan fingerprint density at radius 1 is 1.06 bits per heavy atom. The van der Waals surface area contributed by atoms with Crippen molar-refractivity contribution in [1.29, 1.82) is 0 Å². The monoisotopic (exact) mass is 451 g/mol. The van der Waals surface area contributed by atoms with E-state index in [0.29, 0.717) is 25.3 Å². The first kappa shape index (κ1) is 24.3. The maximum absolute atomic E-state index is 13.1. The van der Waals surface area contributed by atoms with Gasteiger partial charge in [0.25, 0.3) is 11.7 Å². The highest BCUT2D eigenvalue weighted by Crippen LogP contribution is 2.40. The minimum Gasteiger partial charge on any atom is -0.507 e. The van der Waals surface area contributed by atoms with Gasteiger partial charge in [-0.2, -0.15) is 0 Å². The van der Waals surface area contributed by atoms with Crippen molar-refractivity contribution in [2.24, 2.45) is 0 Å². The lowest BCUT2D eigenvalue weighted by Gasteiger charge is -2.27. The molecule has 1 fully saturated rings. The van der Waals surface area contributed by atoms with E-state index in [2.05, 4.69) is 0 Å². The van der Waals surface area contributed by atoms with Gasteiger partial charge in [-0.25, -0.2) is 0 Å². The maximum Gasteiger partial charge on any atom is 0.295 e. The van der Waals surface area contributed by atoms with Crippen LogP contribution in [-0.4, -0.2) is 74.5 Å². The highest BCUT2D eigenvalue weighted by molar-refractivity contribution is 6.46. The summed E-state index contributed by atoms with van der Waals surface area (Å²) in [6.07, 6.45) is 0. The molecule has 1 saturated heterocycles. The second kappa shape index (κ2) is 10.1. The van der Waals surface area contributed by atoms with Gasteiger partial charge in [-0.15, -0.1) is 0 Å². The number of likely N-dealkylation sites (N-methyl/N-ethyl adjacent to an activating group) is 1. The number of likely N-dealkylation sites (tertiary alicyclic amines) is 1. The molecule has 0 aliphatic carbocycles. The van der Waals surface area contributed by atoms with Gasteiger partial charge in [0.05, 0.1) is 18.2 Å². The van der Waals surface area contributed by atoms with Gasteiger partial charge in [-0.05, 0) is 69.4 Å². The Morgan fingerprint density at radius 2 is 1.73 bits per heavy atom. The Hall–Kier alpha value is -3.32. The van der Waals surface area contributed by atoms with E-state index in [4.69, 9.17) is 4.74 Å². The van der Waals surface area contributed by atoms with Crippen LogP contribution in [0, 0.1) is 6.92 Å². The Balaban J connectivity index is 2.12. The second-order valence-corrected chi connectivity index (χ2v) is 8.70. The molecule has 1 aliphatic heterocycles. The molecule has 0 spiro atoms. The molecule has 1 unspecified atom stereocenters. The van der Waals surface area contributed by atoms with Crippen molar-refractivity contribution in [2.45, 2.75) is 19.9 Å². The minimum absolute atomic E-state index is 0.111. The summed E-state index contributed by atoms with van der Waals surface area (Å²) < 4.78 is 5.59. The quantitative estimate of drug-likeness (QED) is 0.377. The molecular formula is C26H33N3O4. The van der Waals surface area contributed by atoms with Crippen molar-refractivity contribution in [3.63, 3.8) is 0 Å². The molecule has 3 rings (SSSR count). The summed E-state index contributed by atoms with van der Waals surface area (Å²) in [6.45, 7) is 5.30. The van der Waals surface area contributed by atoms with Gasteiger partial charge in [-0.3, -0.25) is 9.59 Å². The van der Waals surface area contributed by atoms with Gasteiger partial charge in [0.1, 0.15) is 11.5 Å². The van der Waals surface area contributed by atoms with Gasteiger partial charge in [0.2, 0.25) is 0 Å². The number of aliphatic hydroxyl groups excluding tert-OH is 1. The zero-order valence-electron chi connectivity index (χ0n) is 20.3. The third kappa shape index (κ3) is 5.03. The summed E-state index contributed by atoms with van der Waals surface area (Å²) in [5, 5.41) is 11.2. The number of hydrogen-bond donors (Lipinski definition) is 1. The predicted octanol–water partition coefficient (Wildman–Crippen LogP) is 3.44. The number of ether oxygens (including phenoxy) is 1. The standard InChI is InChI=1S/C26H33N3O4/c1-7-33-21-13-10-19(16-17(21)2)24(30)22-23(18-8-11-20(12-9-18)28(5)6)29(15-14-27(3)4)26(32)25(22)31/h8-13,16,23,30H,7,14-15H2,1-6H3/b24-22-. The molecule has 1 amide bonds. The summed E-state index contributed by atoms with van der Waals surface area (Å²) in [6, 6.07) is 12.3. The molecule has 176 valence electrons. The fourth-order valence-corrected chi connectivity index (χ4v) is 3.99. The van der Waals surface area contributed by atoms with E-state index in [0.717, 1.165) is 22.6 Å². The van der Waals surface area contributed by atoms with Crippen molar-refractivity contribution < 1.29 is 19.4 Å². The fraction of sp³-hybridized carbons (Fsp3) is 0.385. The molecule has 1 aliphatic rings. The van der Waals surface area contributed by atoms with Crippen molar-refractivity contribution in [3.8, 4) is 5.75 Å². The highest BCUT2D eigenvalue weighted by atomic mass is 16.5. The maximum atomic E-state index is 13.1. The van der Waals surface area contributed by atoms with Crippen molar-refractivity contribution in [1.82, 2.24) is 9.80 Å². The summed E-state index contributed by atoms with van der Waals surface area (Å²) in [4.78, 5) is 31.6. The van der Waals surface area contributed by atoms with Crippen LogP contribution in [0.4, 0.5) is 5.69 Å². The highest BCUT2D eigenvalue weighted by Gasteiger charge is 2.45. The average molecular weight is 452 g/mol. The molecule has 33 heavy (non-hydrogen) atoms. The van der Waals surface area contributed by atoms with Crippen LogP contribution >= 0.6 is 0 Å². The number of anilines is 1. The Morgan fingerprint density at radius 3 is 2.27 bits per heavy atom. The van der Waals surface area contributed by atoms with Gasteiger partial charge < -0.3 is 24.5 Å². The van der Waals surface area contributed by atoms with Crippen molar-refractivity contribution in [2.75, 3.05) is 52.8 Å². The first-order valence-corrected chi connectivity index (χ1v) is 11.1. The first-order valence-electron chi connectivity index (χ1n) is 11.1. The van der Waals surface area contributed by atoms with E-state index >= 15 is 0 Å². The van der Waals surface area contributed by atoms with Crippen molar-refractivity contribution >= 4 is 23.1 Å². The summed E-state index contributed by atoms with van der Waals surface area (Å²) in [5.41, 5.74) is 3.22. The van der Waals surface area contributed by atoms with E-state index in [-0.39, 0.29) is 11.3 Å². The number of aliphatic hydroxyl groups is 1. The molecule has 7 heteroatoms. The molecule has 0 saturated carbocycles. The van der Waals surface area contributed by atoms with Crippen LogP contribution in [0.25, 0.3) is 5.76 Å². The van der Waals surface area contributed by atoms with Crippen LogP contribution in [0.5, 0.6) is 5.75 Å². The van der Waals surface area contributed by atoms with Crippen LogP contribution in [-0.2, 0) is 9.59 Å². The number of Topliss-reactive ketones (excluding diaryl/α,β-unsaturated/α-hetero) is 1. The van der Waals surface area contributed by atoms with Gasteiger partial charge in [0.15, 0.2) is 0 Å². The molecule has 0 radical (unpaired) electrons. The molecule has 2 aromatic rings. The van der Waals surface area contributed by atoms with Crippen LogP contribution < -0.4 is 9.64 Å². The van der Waals surface area contributed by atoms with Crippen LogP contribution in [0.15, 0.2) is 48.0 Å². The van der Waals surface area contributed by atoms with Gasteiger partial charge >= 0.3 is 0 Å². The lowest BCUT2D eigenvalue weighted by Crippen LogP contribution is -2.35. The number of benzene rings is 2. The fourth-order valence-electron chi connectivity index (χ4n) is 3.99. The third-order valence-electron chi connectivity index (χ3n) is 5.80. The average Bonchev–Trinajstić information content (AvgIpc) is 3.03. The van der Waals surface area contributed by atoms with Gasteiger partial charge in [-0.1, -0.05) is 12.1 Å². The van der Waals surface area contributed by atoms with E-state index in [1.807, 2.05) is 76.1 Å². The summed E-state index contributed by atoms with van der Waals surface area (Å²) >= 11 is 0. The third-order valence-corrected chi connectivity index (χ3v) is 5.80. The predicted molar refractivity (Wildman–Crippen MR) is 131 cm³/mol. The molecule has 1 heterocycles. The number of carbonyl (C=O) groups is 2. The summed E-state index contributed by atoms with van der Waals surface area (Å²) in [7, 11) is 7.74. The van der Waals surface area contributed by atoms with Gasteiger partial charge in [0, 0.05) is 38.4 Å². The molecule has 7 nitrogen and oxygen atoms in total. The molecular weight excluding hydrogens is 418 g/mol. The lowest BCUT2D eigenvalue weighted by molar-refractivity contribution is -0.140. The van der Waals surface area contributed by atoms with E-state index in [1.54, 1.807) is 23.1 Å². The van der Waals surface area contributed by atoms with Crippen LogP contribution in [0.1, 0.15) is 29.7 Å². The molecule has 0 bridgehead atoms. The number of amides is 1. The SMILES string of the molecule is CCOc1ccc(/C(O)=C2/C(=O)C(=O)N(CCN(C)C)C2c2ccc(N(C)C)cc2)cc1C. The Labute approximate surface area is 195 Å².